The van der Waals surface area contributed by atoms with Crippen LogP contribution in [0.5, 0.6) is 5.75 Å². The van der Waals surface area contributed by atoms with E-state index in [-0.39, 0.29) is 11.8 Å². The number of carbonyl (C=O) groups excluding carboxylic acids is 1. The number of ether oxygens (including phenoxy) is 1. The summed E-state index contributed by atoms with van der Waals surface area (Å²) in [6, 6.07) is 1.92. The topological polar surface area (TPSA) is 44.1 Å². The Morgan fingerprint density at radius 2 is 2.28 bits per heavy atom. The highest BCUT2D eigenvalue weighted by atomic mass is 79.9. The Kier molecular flexibility index (Phi) is 3.87. The Hall–Kier alpha value is -1.14. The molecule has 0 saturated carbocycles. The molecule has 0 N–H and O–H groups in total. The van der Waals surface area contributed by atoms with Crippen molar-refractivity contribution in [1.82, 2.24) is 9.78 Å². The third kappa shape index (κ3) is 2.35. The molecule has 0 radical (unpaired) electrons. The first-order chi connectivity index (χ1) is 8.54. The molecule has 2 heterocycles. The van der Waals surface area contributed by atoms with Crippen molar-refractivity contribution in [2.75, 3.05) is 7.11 Å². The zero-order valence-electron chi connectivity index (χ0n) is 10.3. The van der Waals surface area contributed by atoms with E-state index < -0.39 is 0 Å². The second kappa shape index (κ2) is 5.24. The van der Waals surface area contributed by atoms with E-state index in [0.717, 1.165) is 3.79 Å². The molecule has 0 aliphatic rings. The standard InChI is InChI=1S/C12H13BrN2O2S/c1-7(2)15-11(9(17-3)5-14-15)12(16)8-4-10(13)18-6-8/h4-7H,1-3H3. The van der Waals surface area contributed by atoms with Crippen molar-refractivity contribution in [2.24, 2.45) is 0 Å². The lowest BCUT2D eigenvalue weighted by Gasteiger charge is -2.10. The first kappa shape index (κ1) is 13.3. The maximum Gasteiger partial charge on any atom is 0.215 e. The van der Waals surface area contributed by atoms with Crippen molar-refractivity contribution < 1.29 is 9.53 Å². The number of halogens is 1. The normalized spacial score (nSPS) is 10.9. The Morgan fingerprint density at radius 3 is 2.78 bits per heavy atom. The van der Waals surface area contributed by atoms with E-state index in [4.69, 9.17) is 4.74 Å². The molecule has 0 bridgehead atoms. The number of nitrogens with zero attached hydrogens (tertiary/aromatic N) is 2. The van der Waals surface area contributed by atoms with Crippen molar-refractivity contribution in [3.8, 4) is 5.75 Å². The largest absolute Gasteiger partial charge is 0.493 e. The van der Waals surface area contributed by atoms with Gasteiger partial charge < -0.3 is 4.74 Å². The van der Waals surface area contributed by atoms with Crippen LogP contribution in [0.25, 0.3) is 0 Å². The minimum Gasteiger partial charge on any atom is -0.493 e. The number of aromatic nitrogens is 2. The van der Waals surface area contributed by atoms with Crippen molar-refractivity contribution >= 4 is 33.0 Å². The van der Waals surface area contributed by atoms with Gasteiger partial charge in [-0.2, -0.15) is 5.10 Å². The molecule has 4 nitrogen and oxygen atoms in total. The number of methoxy groups -OCH3 is 1. The third-order valence-electron chi connectivity index (χ3n) is 2.52. The molecule has 0 amide bonds. The van der Waals surface area contributed by atoms with E-state index in [2.05, 4.69) is 21.0 Å². The van der Waals surface area contributed by atoms with Crippen LogP contribution in [0.3, 0.4) is 0 Å². The van der Waals surface area contributed by atoms with Gasteiger partial charge in [0.25, 0.3) is 0 Å². The fourth-order valence-corrected chi connectivity index (χ4v) is 2.81. The Bertz CT molecular complexity index is 574. The van der Waals surface area contributed by atoms with E-state index >= 15 is 0 Å². The third-order valence-corrected chi connectivity index (χ3v) is 4.02. The van der Waals surface area contributed by atoms with Crippen LogP contribution in [-0.4, -0.2) is 22.7 Å². The lowest BCUT2D eigenvalue weighted by Crippen LogP contribution is -2.13. The van der Waals surface area contributed by atoms with Gasteiger partial charge >= 0.3 is 0 Å². The molecule has 0 saturated heterocycles. The molecule has 0 aliphatic heterocycles. The highest BCUT2D eigenvalue weighted by Gasteiger charge is 2.23. The lowest BCUT2D eigenvalue weighted by atomic mass is 10.1. The molecule has 0 fully saturated rings. The van der Waals surface area contributed by atoms with Gasteiger partial charge in [-0.3, -0.25) is 9.48 Å². The molecule has 18 heavy (non-hydrogen) atoms. The van der Waals surface area contributed by atoms with Gasteiger partial charge in [0.2, 0.25) is 5.78 Å². The molecule has 0 atom stereocenters. The van der Waals surface area contributed by atoms with Gasteiger partial charge in [-0.15, -0.1) is 11.3 Å². The number of ketones is 1. The fraction of sp³-hybridized carbons (Fsp3) is 0.333. The van der Waals surface area contributed by atoms with Crippen molar-refractivity contribution in [3.63, 3.8) is 0 Å². The number of hydrogen-bond donors (Lipinski definition) is 0. The summed E-state index contributed by atoms with van der Waals surface area (Å²) in [5.41, 5.74) is 1.14. The van der Waals surface area contributed by atoms with Gasteiger partial charge in [0.05, 0.1) is 17.1 Å². The number of thiophene rings is 1. The van der Waals surface area contributed by atoms with Crippen LogP contribution in [0.1, 0.15) is 35.9 Å². The molecular weight excluding hydrogens is 316 g/mol. The van der Waals surface area contributed by atoms with Gasteiger partial charge in [-0.25, -0.2) is 0 Å². The zero-order valence-corrected chi connectivity index (χ0v) is 12.7. The van der Waals surface area contributed by atoms with E-state index in [1.165, 1.54) is 11.3 Å². The van der Waals surface area contributed by atoms with Crippen molar-refractivity contribution in [2.45, 2.75) is 19.9 Å². The molecule has 96 valence electrons. The summed E-state index contributed by atoms with van der Waals surface area (Å²) < 4.78 is 7.83. The van der Waals surface area contributed by atoms with Crippen molar-refractivity contribution in [3.05, 3.63) is 32.7 Å². The molecule has 0 spiro atoms. The highest BCUT2D eigenvalue weighted by molar-refractivity contribution is 9.11. The van der Waals surface area contributed by atoms with Crippen LogP contribution in [-0.2, 0) is 0 Å². The van der Waals surface area contributed by atoms with E-state index in [0.29, 0.717) is 17.0 Å². The summed E-state index contributed by atoms with van der Waals surface area (Å²) in [4.78, 5) is 12.5. The van der Waals surface area contributed by atoms with Gasteiger partial charge in [0, 0.05) is 17.0 Å². The van der Waals surface area contributed by atoms with Crippen LogP contribution in [0.2, 0.25) is 0 Å². The van der Waals surface area contributed by atoms with Crippen LogP contribution >= 0.6 is 27.3 Å². The number of carbonyl (C=O) groups is 1. The molecule has 0 aromatic carbocycles. The van der Waals surface area contributed by atoms with E-state index in [1.807, 2.05) is 25.3 Å². The van der Waals surface area contributed by atoms with Crippen molar-refractivity contribution in [1.29, 1.82) is 0 Å². The van der Waals surface area contributed by atoms with Gasteiger partial charge in [-0.05, 0) is 35.8 Å². The second-order valence-electron chi connectivity index (χ2n) is 4.07. The maximum atomic E-state index is 12.5. The van der Waals surface area contributed by atoms with Gasteiger partial charge in [0.1, 0.15) is 0 Å². The van der Waals surface area contributed by atoms with E-state index in [9.17, 15) is 4.79 Å². The quantitative estimate of drug-likeness (QED) is 0.806. The molecule has 6 heteroatoms. The Labute approximate surface area is 118 Å². The summed E-state index contributed by atoms with van der Waals surface area (Å²) in [6.07, 6.45) is 1.58. The summed E-state index contributed by atoms with van der Waals surface area (Å²) in [5.74, 6) is 0.441. The average Bonchev–Trinajstić information content (AvgIpc) is 2.93. The van der Waals surface area contributed by atoms with Gasteiger partial charge in [0.15, 0.2) is 11.4 Å². The molecule has 0 aliphatic carbocycles. The molecule has 2 aromatic heterocycles. The predicted octanol–water partition coefficient (Wildman–Crippen LogP) is 3.53. The van der Waals surface area contributed by atoms with Crippen LogP contribution < -0.4 is 4.74 Å². The first-order valence-corrected chi connectivity index (χ1v) is 7.12. The highest BCUT2D eigenvalue weighted by Crippen LogP contribution is 2.27. The maximum absolute atomic E-state index is 12.5. The molecular formula is C12H13BrN2O2S. The SMILES string of the molecule is COc1cnn(C(C)C)c1C(=O)c1csc(Br)c1. The summed E-state index contributed by atoms with van der Waals surface area (Å²) in [6.45, 7) is 3.96. The predicted molar refractivity (Wildman–Crippen MR) is 74.6 cm³/mol. The van der Waals surface area contributed by atoms with E-state index in [1.54, 1.807) is 18.0 Å². The zero-order chi connectivity index (χ0) is 13.3. The molecule has 2 rings (SSSR count). The number of rotatable bonds is 4. The smallest absolute Gasteiger partial charge is 0.215 e. The lowest BCUT2D eigenvalue weighted by molar-refractivity contribution is 0.102. The Balaban J connectivity index is 2.49. The minimum absolute atomic E-state index is 0.0694. The van der Waals surface area contributed by atoms with Gasteiger partial charge in [-0.1, -0.05) is 0 Å². The fourth-order valence-electron chi connectivity index (χ4n) is 1.67. The number of hydrogen-bond acceptors (Lipinski definition) is 4. The van der Waals surface area contributed by atoms with Crippen LogP contribution in [0, 0.1) is 0 Å². The molecule has 0 unspecified atom stereocenters. The monoisotopic (exact) mass is 328 g/mol. The minimum atomic E-state index is -0.0694. The van der Waals surface area contributed by atoms with Crippen LogP contribution in [0.4, 0.5) is 0 Å². The second-order valence-corrected chi connectivity index (χ2v) is 6.36. The summed E-state index contributed by atoms with van der Waals surface area (Å²) in [7, 11) is 1.54. The summed E-state index contributed by atoms with van der Waals surface area (Å²) in [5, 5.41) is 6.03. The first-order valence-electron chi connectivity index (χ1n) is 5.44. The average molecular weight is 329 g/mol. The van der Waals surface area contributed by atoms with Crippen LogP contribution in [0.15, 0.2) is 21.4 Å². The Morgan fingerprint density at radius 1 is 1.56 bits per heavy atom. The summed E-state index contributed by atoms with van der Waals surface area (Å²) >= 11 is 4.84. The molecule has 2 aromatic rings.